The Morgan fingerprint density at radius 1 is 0.848 bits per heavy atom. The summed E-state index contributed by atoms with van der Waals surface area (Å²) in [5, 5.41) is 0. The van der Waals surface area contributed by atoms with Crippen LogP contribution in [-0.4, -0.2) is 7.11 Å². The van der Waals surface area contributed by atoms with Crippen molar-refractivity contribution in [1.82, 2.24) is 0 Å². The molecule has 1 saturated carbocycles. The largest absolute Gasteiger partial charge is 0.380 e. The van der Waals surface area contributed by atoms with Gasteiger partial charge in [-0.15, -0.1) is 0 Å². The summed E-state index contributed by atoms with van der Waals surface area (Å²) in [5.74, 6) is 1.34. The zero-order chi connectivity index (χ0) is 23.0. The first kappa shape index (κ1) is 23.4. The van der Waals surface area contributed by atoms with Gasteiger partial charge in [0.1, 0.15) is 5.82 Å². The van der Waals surface area contributed by atoms with Gasteiger partial charge in [0.2, 0.25) is 0 Å². The molecule has 2 heteroatoms. The highest BCUT2D eigenvalue weighted by molar-refractivity contribution is 5.71. The highest BCUT2D eigenvalue weighted by Crippen LogP contribution is 2.38. The van der Waals surface area contributed by atoms with Crippen LogP contribution in [0.4, 0.5) is 4.39 Å². The maximum atomic E-state index is 15.0. The van der Waals surface area contributed by atoms with Crippen LogP contribution in [0.5, 0.6) is 0 Å². The zero-order valence-electron chi connectivity index (χ0n) is 19.9. The topological polar surface area (TPSA) is 9.23 Å². The van der Waals surface area contributed by atoms with Crippen LogP contribution in [0.2, 0.25) is 0 Å². The molecule has 33 heavy (non-hydrogen) atoms. The van der Waals surface area contributed by atoms with Crippen LogP contribution in [-0.2, 0) is 11.3 Å². The third kappa shape index (κ3) is 6.00. The first-order valence-corrected chi connectivity index (χ1v) is 12.3. The van der Waals surface area contributed by atoms with Gasteiger partial charge in [0.15, 0.2) is 0 Å². The van der Waals surface area contributed by atoms with Gasteiger partial charge in [-0.25, -0.2) is 4.39 Å². The third-order valence-electron chi connectivity index (χ3n) is 7.08. The Bertz CT molecular complexity index is 1040. The van der Waals surface area contributed by atoms with Crippen molar-refractivity contribution in [3.63, 3.8) is 0 Å². The smallest absolute Gasteiger partial charge is 0.131 e. The van der Waals surface area contributed by atoms with Crippen molar-refractivity contribution in [3.8, 4) is 22.3 Å². The molecule has 0 heterocycles. The van der Waals surface area contributed by atoms with E-state index in [2.05, 4.69) is 43.3 Å². The Hall–Kier alpha value is -2.71. The molecule has 1 fully saturated rings. The fourth-order valence-corrected chi connectivity index (χ4v) is 5.11. The lowest BCUT2D eigenvalue weighted by Crippen LogP contribution is -2.13. The average molecular weight is 443 g/mol. The first-order chi connectivity index (χ1) is 16.2. The van der Waals surface area contributed by atoms with E-state index in [9.17, 15) is 0 Å². The van der Waals surface area contributed by atoms with Gasteiger partial charge >= 0.3 is 0 Å². The number of rotatable bonds is 8. The monoisotopic (exact) mass is 442 g/mol. The number of benzene rings is 3. The van der Waals surface area contributed by atoms with Crippen LogP contribution in [0, 0.1) is 11.7 Å². The zero-order valence-corrected chi connectivity index (χ0v) is 19.9. The van der Waals surface area contributed by atoms with E-state index >= 15 is 4.39 Å². The number of hydrogen-bond acceptors (Lipinski definition) is 1. The van der Waals surface area contributed by atoms with Gasteiger partial charge in [-0.1, -0.05) is 72.8 Å². The highest BCUT2D eigenvalue weighted by atomic mass is 19.1. The van der Waals surface area contributed by atoms with Crippen molar-refractivity contribution in [2.75, 3.05) is 7.11 Å². The van der Waals surface area contributed by atoms with Crippen LogP contribution in [0.15, 0.2) is 78.9 Å². The average Bonchev–Trinajstić information content (AvgIpc) is 2.85. The van der Waals surface area contributed by atoms with Gasteiger partial charge < -0.3 is 4.74 Å². The molecule has 1 aliphatic rings. The molecule has 1 nitrogen and oxygen atoms in total. The van der Waals surface area contributed by atoms with E-state index in [0.29, 0.717) is 18.1 Å². The lowest BCUT2D eigenvalue weighted by Gasteiger charge is -2.28. The Kier molecular flexibility index (Phi) is 8.12. The van der Waals surface area contributed by atoms with Crippen LogP contribution in [0.25, 0.3) is 22.3 Å². The minimum absolute atomic E-state index is 0.178. The molecular weight excluding hydrogens is 407 g/mol. The maximum absolute atomic E-state index is 15.0. The SMILES string of the molecule is CC=CCC[C@H]1CC[C@H](c2ccc(-c3ccc(-c4ccc(COC)cc4)cc3F)cc2)CC1. The summed E-state index contributed by atoms with van der Waals surface area (Å²) < 4.78 is 20.2. The molecule has 3 aromatic carbocycles. The molecule has 4 rings (SSSR count). The third-order valence-corrected chi connectivity index (χ3v) is 7.08. The molecule has 0 amide bonds. The minimum atomic E-state index is -0.178. The first-order valence-electron chi connectivity index (χ1n) is 12.3. The van der Waals surface area contributed by atoms with Crippen LogP contribution in [0.1, 0.15) is 62.5 Å². The summed E-state index contributed by atoms with van der Waals surface area (Å²) in [6.45, 7) is 2.69. The van der Waals surface area contributed by atoms with Gasteiger partial charge in [-0.2, -0.15) is 0 Å². The second-order valence-corrected chi connectivity index (χ2v) is 9.31. The quantitative estimate of drug-likeness (QED) is 0.316. The van der Waals surface area contributed by atoms with Gasteiger partial charge in [0, 0.05) is 12.7 Å². The Balaban J connectivity index is 1.40. The number of ether oxygens (including phenoxy) is 1. The van der Waals surface area contributed by atoms with Crippen molar-refractivity contribution in [2.45, 2.75) is 58.0 Å². The number of hydrogen-bond donors (Lipinski definition) is 0. The molecule has 0 atom stereocenters. The summed E-state index contributed by atoms with van der Waals surface area (Å²) in [5.41, 5.74) is 6.02. The van der Waals surface area contributed by atoms with Crippen molar-refractivity contribution in [2.24, 2.45) is 5.92 Å². The van der Waals surface area contributed by atoms with Gasteiger partial charge in [-0.3, -0.25) is 0 Å². The maximum Gasteiger partial charge on any atom is 0.131 e. The molecule has 0 N–H and O–H groups in total. The Morgan fingerprint density at radius 3 is 2.15 bits per heavy atom. The second kappa shape index (κ2) is 11.4. The second-order valence-electron chi connectivity index (χ2n) is 9.31. The number of halogens is 1. The molecule has 0 aromatic heterocycles. The van der Waals surface area contributed by atoms with Crippen molar-refractivity contribution in [1.29, 1.82) is 0 Å². The lowest BCUT2D eigenvalue weighted by molar-refractivity contribution is 0.185. The van der Waals surface area contributed by atoms with E-state index in [0.717, 1.165) is 28.2 Å². The summed E-state index contributed by atoms with van der Waals surface area (Å²) in [7, 11) is 1.69. The lowest BCUT2D eigenvalue weighted by atomic mass is 9.77. The fraction of sp³-hybridized carbons (Fsp3) is 0.355. The Labute approximate surface area is 198 Å². The van der Waals surface area contributed by atoms with E-state index in [1.165, 1.54) is 44.1 Å². The van der Waals surface area contributed by atoms with Crippen molar-refractivity contribution in [3.05, 3.63) is 95.8 Å². The molecule has 0 unspecified atom stereocenters. The van der Waals surface area contributed by atoms with Gasteiger partial charge in [0.05, 0.1) is 6.61 Å². The van der Waals surface area contributed by atoms with E-state index < -0.39 is 0 Å². The highest BCUT2D eigenvalue weighted by Gasteiger charge is 2.22. The molecule has 0 spiro atoms. The number of allylic oxidation sites excluding steroid dienone is 2. The molecule has 1 aliphatic carbocycles. The predicted molar refractivity (Wildman–Crippen MR) is 137 cm³/mol. The van der Waals surface area contributed by atoms with Crippen LogP contribution in [0.3, 0.4) is 0 Å². The van der Waals surface area contributed by atoms with Crippen LogP contribution >= 0.6 is 0 Å². The van der Waals surface area contributed by atoms with E-state index in [1.54, 1.807) is 13.2 Å². The molecule has 0 radical (unpaired) electrons. The molecule has 0 saturated heterocycles. The van der Waals surface area contributed by atoms with E-state index in [-0.39, 0.29) is 5.82 Å². The standard InChI is InChI=1S/C31H35FO/c1-3-4-5-6-23-7-11-25(12-8-23)26-15-17-28(18-16-26)30-20-19-29(21-31(30)32)27-13-9-24(10-14-27)22-33-2/h3-4,9-10,13-21,23,25H,5-8,11-12,22H2,1-2H3/t23-,25-. The summed E-state index contributed by atoms with van der Waals surface area (Å²) >= 11 is 0. The van der Waals surface area contributed by atoms with Crippen molar-refractivity contribution >= 4 is 0 Å². The van der Waals surface area contributed by atoms with Gasteiger partial charge in [-0.05, 0) is 91.2 Å². The van der Waals surface area contributed by atoms with Crippen LogP contribution < -0.4 is 0 Å². The minimum Gasteiger partial charge on any atom is -0.380 e. The van der Waals surface area contributed by atoms with Gasteiger partial charge in [0.25, 0.3) is 0 Å². The summed E-state index contributed by atoms with van der Waals surface area (Å²) in [6, 6.07) is 22.2. The molecule has 0 bridgehead atoms. The molecular formula is C31H35FO. The summed E-state index contributed by atoms with van der Waals surface area (Å²) in [6.07, 6.45) is 12.2. The van der Waals surface area contributed by atoms with E-state index in [4.69, 9.17) is 4.74 Å². The summed E-state index contributed by atoms with van der Waals surface area (Å²) in [4.78, 5) is 0. The van der Waals surface area contributed by atoms with E-state index in [1.807, 2.05) is 36.4 Å². The molecule has 172 valence electrons. The molecule has 3 aromatic rings. The molecule has 0 aliphatic heterocycles. The predicted octanol–water partition coefficient (Wildman–Crippen LogP) is 8.94. The fourth-order valence-electron chi connectivity index (χ4n) is 5.11. The normalized spacial score (nSPS) is 18.6. The number of methoxy groups -OCH3 is 1. The Morgan fingerprint density at radius 2 is 1.52 bits per heavy atom. The van der Waals surface area contributed by atoms with Crippen molar-refractivity contribution < 1.29 is 9.13 Å².